The number of rotatable bonds is 6. The Labute approximate surface area is 119 Å². The first kappa shape index (κ1) is 14.7. The van der Waals surface area contributed by atoms with Crippen molar-refractivity contribution < 1.29 is 14.3 Å². The van der Waals surface area contributed by atoms with Gasteiger partial charge in [-0.25, -0.2) is 0 Å². The SMILES string of the molecule is CCCC[C@H](NC)C(=O)Nc1ccc2c(c1)OCCO2. The van der Waals surface area contributed by atoms with E-state index in [9.17, 15) is 4.79 Å². The van der Waals surface area contributed by atoms with E-state index in [0.29, 0.717) is 19.0 Å². The summed E-state index contributed by atoms with van der Waals surface area (Å²) in [5.41, 5.74) is 0.732. The molecule has 0 aliphatic carbocycles. The van der Waals surface area contributed by atoms with E-state index in [-0.39, 0.29) is 11.9 Å². The molecule has 0 saturated carbocycles. The largest absolute Gasteiger partial charge is 0.486 e. The first-order chi connectivity index (χ1) is 9.74. The highest BCUT2D eigenvalue weighted by Crippen LogP contribution is 2.32. The van der Waals surface area contributed by atoms with E-state index in [0.717, 1.165) is 30.7 Å². The number of amides is 1. The van der Waals surface area contributed by atoms with E-state index >= 15 is 0 Å². The highest BCUT2D eigenvalue weighted by Gasteiger charge is 2.17. The number of ether oxygens (including phenoxy) is 2. The Morgan fingerprint density at radius 1 is 1.30 bits per heavy atom. The van der Waals surface area contributed by atoms with Crippen molar-refractivity contribution in [2.45, 2.75) is 32.2 Å². The van der Waals surface area contributed by atoms with Crippen molar-refractivity contribution in [1.82, 2.24) is 5.32 Å². The maximum absolute atomic E-state index is 12.2. The molecule has 1 aromatic rings. The second-order valence-corrected chi connectivity index (χ2v) is 4.83. The molecule has 0 unspecified atom stereocenters. The van der Waals surface area contributed by atoms with E-state index in [1.165, 1.54) is 0 Å². The first-order valence-corrected chi connectivity index (χ1v) is 7.12. The number of unbranched alkanes of at least 4 members (excludes halogenated alkanes) is 1. The number of hydrogen-bond acceptors (Lipinski definition) is 4. The topological polar surface area (TPSA) is 59.6 Å². The lowest BCUT2D eigenvalue weighted by atomic mass is 10.1. The molecule has 1 atom stereocenters. The van der Waals surface area contributed by atoms with E-state index in [1.807, 2.05) is 19.2 Å². The van der Waals surface area contributed by atoms with Crippen molar-refractivity contribution in [2.24, 2.45) is 0 Å². The Kier molecular flexibility index (Phi) is 5.24. The smallest absolute Gasteiger partial charge is 0.241 e. The standard InChI is InChI=1S/C15H22N2O3/c1-3-4-5-12(16-2)15(18)17-11-6-7-13-14(10-11)20-9-8-19-13/h6-7,10,12,16H,3-5,8-9H2,1-2H3,(H,17,18)/t12-/m0/s1. The van der Waals surface area contributed by atoms with Crippen LogP contribution in [0, 0.1) is 0 Å². The van der Waals surface area contributed by atoms with Crippen molar-refractivity contribution in [3.8, 4) is 11.5 Å². The Morgan fingerprint density at radius 3 is 2.75 bits per heavy atom. The molecule has 0 bridgehead atoms. The fourth-order valence-corrected chi connectivity index (χ4v) is 2.17. The summed E-state index contributed by atoms with van der Waals surface area (Å²) < 4.78 is 11.0. The third-order valence-electron chi connectivity index (χ3n) is 3.32. The summed E-state index contributed by atoms with van der Waals surface area (Å²) in [4.78, 5) is 12.2. The molecular weight excluding hydrogens is 256 g/mol. The average Bonchev–Trinajstić information content (AvgIpc) is 2.48. The number of hydrogen-bond donors (Lipinski definition) is 2. The molecule has 0 fully saturated rings. The quantitative estimate of drug-likeness (QED) is 0.837. The molecule has 0 aromatic heterocycles. The lowest BCUT2D eigenvalue weighted by Crippen LogP contribution is -2.38. The molecule has 5 nitrogen and oxygen atoms in total. The Hall–Kier alpha value is -1.75. The van der Waals surface area contributed by atoms with Crippen molar-refractivity contribution >= 4 is 11.6 Å². The van der Waals surface area contributed by atoms with Crippen molar-refractivity contribution in [3.05, 3.63) is 18.2 Å². The van der Waals surface area contributed by atoms with Gasteiger partial charge < -0.3 is 20.1 Å². The van der Waals surface area contributed by atoms with E-state index in [2.05, 4.69) is 17.6 Å². The van der Waals surface area contributed by atoms with Gasteiger partial charge in [0.1, 0.15) is 13.2 Å². The van der Waals surface area contributed by atoms with Crippen molar-refractivity contribution in [2.75, 3.05) is 25.6 Å². The van der Waals surface area contributed by atoms with Gasteiger partial charge in [0.05, 0.1) is 6.04 Å². The van der Waals surface area contributed by atoms with Gasteiger partial charge in [0.15, 0.2) is 11.5 Å². The van der Waals surface area contributed by atoms with Crippen LogP contribution in [0.3, 0.4) is 0 Å². The number of likely N-dealkylation sites (N-methyl/N-ethyl adjacent to an activating group) is 1. The van der Waals surface area contributed by atoms with Gasteiger partial charge in [0, 0.05) is 11.8 Å². The summed E-state index contributed by atoms with van der Waals surface area (Å²) in [5.74, 6) is 1.40. The molecule has 1 aliphatic rings. The maximum Gasteiger partial charge on any atom is 0.241 e. The molecule has 0 radical (unpaired) electrons. The number of carbonyl (C=O) groups excluding carboxylic acids is 1. The number of nitrogens with one attached hydrogen (secondary N) is 2. The summed E-state index contributed by atoms with van der Waals surface area (Å²) in [7, 11) is 1.81. The van der Waals surface area contributed by atoms with Crippen LogP contribution in [0.4, 0.5) is 5.69 Å². The summed E-state index contributed by atoms with van der Waals surface area (Å²) in [6.07, 6.45) is 2.94. The molecule has 1 amide bonds. The van der Waals surface area contributed by atoms with Crippen LogP contribution in [-0.4, -0.2) is 32.2 Å². The van der Waals surface area contributed by atoms with E-state index in [1.54, 1.807) is 6.07 Å². The van der Waals surface area contributed by atoms with Gasteiger partial charge in [0.25, 0.3) is 0 Å². The van der Waals surface area contributed by atoms with Gasteiger partial charge in [-0.1, -0.05) is 19.8 Å². The molecule has 0 spiro atoms. The van der Waals surface area contributed by atoms with Crippen molar-refractivity contribution in [3.63, 3.8) is 0 Å². The summed E-state index contributed by atoms with van der Waals surface area (Å²) in [6, 6.07) is 5.30. The van der Waals surface area contributed by atoms with Crippen LogP contribution in [0.25, 0.3) is 0 Å². The number of benzene rings is 1. The second kappa shape index (κ2) is 7.14. The lowest BCUT2D eigenvalue weighted by molar-refractivity contribution is -0.118. The Bertz CT molecular complexity index is 462. The molecule has 2 N–H and O–H groups in total. The molecule has 5 heteroatoms. The van der Waals surface area contributed by atoms with Gasteiger partial charge in [-0.15, -0.1) is 0 Å². The molecule has 0 saturated heterocycles. The molecule has 110 valence electrons. The molecule has 1 heterocycles. The Balaban J connectivity index is 1.99. The first-order valence-electron chi connectivity index (χ1n) is 7.12. The third kappa shape index (κ3) is 3.63. The monoisotopic (exact) mass is 278 g/mol. The number of carbonyl (C=O) groups is 1. The van der Waals surface area contributed by atoms with Crippen LogP contribution in [0.2, 0.25) is 0 Å². The lowest BCUT2D eigenvalue weighted by Gasteiger charge is -2.20. The van der Waals surface area contributed by atoms with Gasteiger partial charge in [-0.05, 0) is 25.6 Å². The van der Waals surface area contributed by atoms with Gasteiger partial charge in [-0.3, -0.25) is 4.79 Å². The predicted molar refractivity (Wildman–Crippen MR) is 78.4 cm³/mol. The second-order valence-electron chi connectivity index (χ2n) is 4.83. The zero-order valence-corrected chi connectivity index (χ0v) is 12.1. The molecule has 1 aromatic carbocycles. The molecule has 1 aliphatic heterocycles. The predicted octanol–water partition coefficient (Wildman–Crippen LogP) is 2.17. The molecule has 20 heavy (non-hydrogen) atoms. The van der Waals surface area contributed by atoms with Crippen LogP contribution in [-0.2, 0) is 4.79 Å². The normalized spacial score (nSPS) is 14.7. The maximum atomic E-state index is 12.2. The van der Waals surface area contributed by atoms with Gasteiger partial charge >= 0.3 is 0 Å². The van der Waals surface area contributed by atoms with Crippen LogP contribution in [0.15, 0.2) is 18.2 Å². The van der Waals surface area contributed by atoms with E-state index in [4.69, 9.17) is 9.47 Å². The van der Waals surface area contributed by atoms with Crippen LogP contribution in [0.5, 0.6) is 11.5 Å². The highest BCUT2D eigenvalue weighted by atomic mass is 16.6. The number of fused-ring (bicyclic) bond motifs is 1. The van der Waals surface area contributed by atoms with Crippen molar-refractivity contribution in [1.29, 1.82) is 0 Å². The fourth-order valence-electron chi connectivity index (χ4n) is 2.17. The zero-order valence-electron chi connectivity index (χ0n) is 12.1. The highest BCUT2D eigenvalue weighted by molar-refractivity contribution is 5.95. The summed E-state index contributed by atoms with van der Waals surface area (Å²) in [5, 5.41) is 5.97. The Morgan fingerprint density at radius 2 is 2.05 bits per heavy atom. The van der Waals surface area contributed by atoms with Gasteiger partial charge in [0.2, 0.25) is 5.91 Å². The fraction of sp³-hybridized carbons (Fsp3) is 0.533. The van der Waals surface area contributed by atoms with Crippen LogP contribution >= 0.6 is 0 Å². The summed E-state index contributed by atoms with van der Waals surface area (Å²) in [6.45, 7) is 3.23. The number of anilines is 1. The third-order valence-corrected chi connectivity index (χ3v) is 3.32. The molecule has 2 rings (SSSR count). The minimum atomic E-state index is -0.164. The molecular formula is C15H22N2O3. The minimum Gasteiger partial charge on any atom is -0.486 e. The van der Waals surface area contributed by atoms with Crippen LogP contribution < -0.4 is 20.1 Å². The average molecular weight is 278 g/mol. The summed E-state index contributed by atoms with van der Waals surface area (Å²) >= 11 is 0. The zero-order chi connectivity index (χ0) is 14.4. The minimum absolute atomic E-state index is 0.0161. The van der Waals surface area contributed by atoms with E-state index < -0.39 is 0 Å². The van der Waals surface area contributed by atoms with Crippen LogP contribution in [0.1, 0.15) is 26.2 Å². The van der Waals surface area contributed by atoms with Gasteiger partial charge in [-0.2, -0.15) is 0 Å².